The number of nitrogens with one attached hydrogen (secondary N) is 1. The molecular weight excluding hydrogens is 249 g/mol. The largest absolute Gasteiger partial charge is 0.360 e. The molecule has 0 saturated heterocycles. The Labute approximate surface area is 109 Å². The molecule has 0 aliphatic carbocycles. The van der Waals surface area contributed by atoms with E-state index in [-0.39, 0.29) is 17.3 Å². The fraction of sp³-hybridized carbons (Fsp3) is 0.154. The fourth-order valence-corrected chi connectivity index (χ4v) is 1.70. The second-order valence-corrected chi connectivity index (χ2v) is 4.06. The van der Waals surface area contributed by atoms with Crippen molar-refractivity contribution in [1.29, 1.82) is 0 Å². The zero-order valence-electron chi connectivity index (χ0n) is 10.3. The van der Waals surface area contributed by atoms with E-state index in [0.717, 1.165) is 5.56 Å². The lowest BCUT2D eigenvalue weighted by molar-refractivity contribution is -0.384. The van der Waals surface area contributed by atoms with Crippen molar-refractivity contribution in [3.63, 3.8) is 0 Å². The Morgan fingerprint density at radius 2 is 2.00 bits per heavy atom. The predicted molar refractivity (Wildman–Crippen MR) is 69.4 cm³/mol. The molecule has 0 aliphatic rings. The maximum Gasteiger partial charge on any atom is 0.314 e. The SMILES string of the molecule is Cc1ccnc(NCc2ccc(F)cc2)c1[N+](=O)[O-]. The van der Waals surface area contributed by atoms with Gasteiger partial charge in [0, 0.05) is 18.3 Å². The van der Waals surface area contributed by atoms with Crippen molar-refractivity contribution < 1.29 is 9.31 Å². The smallest absolute Gasteiger partial charge is 0.314 e. The summed E-state index contributed by atoms with van der Waals surface area (Å²) in [6, 6.07) is 7.50. The minimum absolute atomic E-state index is 0.0374. The maximum absolute atomic E-state index is 12.8. The molecule has 5 nitrogen and oxygen atoms in total. The fourth-order valence-electron chi connectivity index (χ4n) is 1.70. The first-order valence-corrected chi connectivity index (χ1v) is 5.66. The highest BCUT2D eigenvalue weighted by Crippen LogP contribution is 2.25. The van der Waals surface area contributed by atoms with E-state index in [1.165, 1.54) is 18.3 Å². The minimum Gasteiger partial charge on any atom is -0.360 e. The summed E-state index contributed by atoms with van der Waals surface area (Å²) >= 11 is 0. The molecule has 0 aliphatic heterocycles. The van der Waals surface area contributed by atoms with Gasteiger partial charge in [-0.15, -0.1) is 0 Å². The molecule has 0 bridgehead atoms. The average Bonchev–Trinajstić information content (AvgIpc) is 2.37. The Morgan fingerprint density at radius 3 is 2.63 bits per heavy atom. The van der Waals surface area contributed by atoms with Gasteiger partial charge in [0.2, 0.25) is 5.82 Å². The van der Waals surface area contributed by atoms with Crippen LogP contribution in [0.5, 0.6) is 0 Å². The number of pyridine rings is 1. The zero-order valence-corrected chi connectivity index (χ0v) is 10.3. The topological polar surface area (TPSA) is 68.1 Å². The van der Waals surface area contributed by atoms with Gasteiger partial charge in [0.05, 0.1) is 4.92 Å². The number of aromatic nitrogens is 1. The van der Waals surface area contributed by atoms with E-state index < -0.39 is 4.92 Å². The quantitative estimate of drug-likeness (QED) is 0.678. The zero-order chi connectivity index (χ0) is 13.8. The standard InChI is InChI=1S/C13H12FN3O2/c1-9-6-7-15-13(12(9)17(18)19)16-8-10-2-4-11(14)5-3-10/h2-7H,8H2,1H3,(H,15,16). The molecular formula is C13H12FN3O2. The summed E-state index contributed by atoms with van der Waals surface area (Å²) in [6.07, 6.45) is 1.51. The molecule has 0 spiro atoms. The maximum atomic E-state index is 12.8. The van der Waals surface area contributed by atoms with Crippen molar-refractivity contribution >= 4 is 11.5 Å². The van der Waals surface area contributed by atoms with Crippen molar-refractivity contribution in [2.24, 2.45) is 0 Å². The summed E-state index contributed by atoms with van der Waals surface area (Å²) < 4.78 is 12.8. The molecule has 1 N–H and O–H groups in total. The second-order valence-electron chi connectivity index (χ2n) is 4.06. The predicted octanol–water partition coefficient (Wildman–Crippen LogP) is 3.05. The molecule has 19 heavy (non-hydrogen) atoms. The Balaban J connectivity index is 2.18. The molecule has 0 saturated carbocycles. The molecule has 6 heteroatoms. The van der Waals surface area contributed by atoms with Gasteiger partial charge < -0.3 is 5.32 Å². The number of benzene rings is 1. The summed E-state index contributed by atoms with van der Waals surface area (Å²) in [6.45, 7) is 2.00. The molecule has 0 unspecified atom stereocenters. The first-order chi connectivity index (χ1) is 9.08. The van der Waals surface area contributed by atoms with Crippen molar-refractivity contribution in [1.82, 2.24) is 4.98 Å². The van der Waals surface area contributed by atoms with Crippen molar-refractivity contribution in [2.75, 3.05) is 5.32 Å². The van der Waals surface area contributed by atoms with Crippen LogP contribution in [0.15, 0.2) is 36.5 Å². The summed E-state index contributed by atoms with van der Waals surface area (Å²) in [5.74, 6) is -0.0993. The number of halogens is 1. The normalized spacial score (nSPS) is 10.2. The van der Waals surface area contributed by atoms with E-state index in [1.54, 1.807) is 25.1 Å². The van der Waals surface area contributed by atoms with E-state index in [0.29, 0.717) is 12.1 Å². The van der Waals surface area contributed by atoms with Gasteiger partial charge >= 0.3 is 5.69 Å². The molecule has 0 amide bonds. The van der Waals surface area contributed by atoms with E-state index in [9.17, 15) is 14.5 Å². The van der Waals surface area contributed by atoms with E-state index >= 15 is 0 Å². The van der Waals surface area contributed by atoms with Gasteiger partial charge in [-0.05, 0) is 30.7 Å². The van der Waals surface area contributed by atoms with Crippen LogP contribution in [0.1, 0.15) is 11.1 Å². The first kappa shape index (κ1) is 12.9. The monoisotopic (exact) mass is 261 g/mol. The number of nitro groups is 1. The molecule has 2 rings (SSSR count). The third kappa shape index (κ3) is 3.04. The summed E-state index contributed by atoms with van der Waals surface area (Å²) in [5, 5.41) is 13.9. The van der Waals surface area contributed by atoms with Crippen LogP contribution in [0.4, 0.5) is 15.9 Å². The van der Waals surface area contributed by atoms with E-state index in [2.05, 4.69) is 10.3 Å². The highest BCUT2D eigenvalue weighted by Gasteiger charge is 2.17. The molecule has 0 fully saturated rings. The van der Waals surface area contributed by atoms with Gasteiger partial charge in [0.1, 0.15) is 5.82 Å². The van der Waals surface area contributed by atoms with Crippen LogP contribution in [0.3, 0.4) is 0 Å². The van der Waals surface area contributed by atoms with Crippen LogP contribution in [0, 0.1) is 22.9 Å². The van der Waals surface area contributed by atoms with Crippen LogP contribution in [0.2, 0.25) is 0 Å². The van der Waals surface area contributed by atoms with Gasteiger partial charge in [-0.3, -0.25) is 10.1 Å². The first-order valence-electron chi connectivity index (χ1n) is 5.66. The lowest BCUT2D eigenvalue weighted by Gasteiger charge is -2.07. The van der Waals surface area contributed by atoms with Crippen molar-refractivity contribution in [3.05, 3.63) is 63.6 Å². The van der Waals surface area contributed by atoms with Gasteiger partial charge in [-0.1, -0.05) is 12.1 Å². The van der Waals surface area contributed by atoms with Gasteiger partial charge in [-0.25, -0.2) is 9.37 Å². The Hall–Kier alpha value is -2.50. The average molecular weight is 261 g/mol. The van der Waals surface area contributed by atoms with Crippen molar-refractivity contribution in [3.8, 4) is 0 Å². The van der Waals surface area contributed by atoms with Crippen LogP contribution < -0.4 is 5.32 Å². The van der Waals surface area contributed by atoms with Crippen LogP contribution >= 0.6 is 0 Å². The molecule has 1 heterocycles. The van der Waals surface area contributed by atoms with Gasteiger partial charge in [-0.2, -0.15) is 0 Å². The molecule has 98 valence electrons. The summed E-state index contributed by atoms with van der Waals surface area (Å²) in [7, 11) is 0. The second kappa shape index (κ2) is 5.43. The number of aryl methyl sites for hydroxylation is 1. The number of nitrogens with zero attached hydrogens (tertiary/aromatic N) is 2. The molecule has 1 aromatic heterocycles. The molecule has 0 radical (unpaired) electrons. The Morgan fingerprint density at radius 1 is 1.32 bits per heavy atom. The number of anilines is 1. The molecule has 0 atom stereocenters. The van der Waals surface area contributed by atoms with Gasteiger partial charge in [0.25, 0.3) is 0 Å². The van der Waals surface area contributed by atoms with E-state index in [4.69, 9.17) is 0 Å². The van der Waals surface area contributed by atoms with Crippen molar-refractivity contribution in [2.45, 2.75) is 13.5 Å². The highest BCUT2D eigenvalue weighted by molar-refractivity contribution is 5.59. The third-order valence-electron chi connectivity index (χ3n) is 2.68. The van der Waals surface area contributed by atoms with Crippen LogP contribution in [-0.4, -0.2) is 9.91 Å². The minimum atomic E-state index is -0.463. The van der Waals surface area contributed by atoms with Crippen LogP contribution in [-0.2, 0) is 6.54 Å². The number of hydrogen-bond donors (Lipinski definition) is 1. The summed E-state index contributed by atoms with van der Waals surface area (Å²) in [4.78, 5) is 14.5. The Bertz CT molecular complexity index is 599. The van der Waals surface area contributed by atoms with Crippen LogP contribution in [0.25, 0.3) is 0 Å². The third-order valence-corrected chi connectivity index (χ3v) is 2.68. The van der Waals surface area contributed by atoms with Gasteiger partial charge in [0.15, 0.2) is 0 Å². The Kier molecular flexibility index (Phi) is 3.70. The number of rotatable bonds is 4. The number of hydrogen-bond acceptors (Lipinski definition) is 4. The highest BCUT2D eigenvalue weighted by atomic mass is 19.1. The molecule has 2 aromatic rings. The lowest BCUT2D eigenvalue weighted by atomic mass is 10.2. The lowest BCUT2D eigenvalue weighted by Crippen LogP contribution is -2.05. The van der Waals surface area contributed by atoms with E-state index in [1.807, 2.05) is 0 Å². The molecule has 1 aromatic carbocycles. The summed E-state index contributed by atoms with van der Waals surface area (Å²) in [5.41, 5.74) is 1.32.